The van der Waals surface area contributed by atoms with Gasteiger partial charge in [0.15, 0.2) is 5.16 Å². The van der Waals surface area contributed by atoms with Crippen LogP contribution in [-0.2, 0) is 17.8 Å². The summed E-state index contributed by atoms with van der Waals surface area (Å²) in [5, 5.41) is 9.42. The first-order chi connectivity index (χ1) is 12.2. The summed E-state index contributed by atoms with van der Waals surface area (Å²) < 4.78 is 7.54. The van der Waals surface area contributed by atoms with Crippen LogP contribution in [0.5, 0.6) is 0 Å². The van der Waals surface area contributed by atoms with Crippen molar-refractivity contribution in [3.8, 4) is 0 Å². The van der Waals surface area contributed by atoms with Crippen LogP contribution in [-0.4, -0.2) is 43.9 Å². The lowest BCUT2D eigenvalue weighted by atomic mass is 10.0. The van der Waals surface area contributed by atoms with E-state index in [-0.39, 0.29) is 5.91 Å². The zero-order valence-corrected chi connectivity index (χ0v) is 15.8. The number of hydrogen-bond acceptors (Lipinski definition) is 5. The first-order valence-electron chi connectivity index (χ1n) is 9.05. The van der Waals surface area contributed by atoms with E-state index in [2.05, 4.69) is 28.6 Å². The van der Waals surface area contributed by atoms with Crippen molar-refractivity contribution in [1.82, 2.24) is 19.7 Å². The highest BCUT2D eigenvalue weighted by molar-refractivity contribution is 7.99. The van der Waals surface area contributed by atoms with Crippen LogP contribution in [0.4, 0.5) is 0 Å². The van der Waals surface area contributed by atoms with Gasteiger partial charge in [-0.15, -0.1) is 10.2 Å². The maximum Gasteiger partial charge on any atom is 0.233 e. The van der Waals surface area contributed by atoms with Crippen LogP contribution < -0.4 is 0 Å². The normalized spacial score (nSPS) is 17.8. The third-order valence-electron chi connectivity index (χ3n) is 4.61. The highest BCUT2D eigenvalue weighted by Gasteiger charge is 2.24. The average molecular weight is 362 g/mol. The molecule has 0 radical (unpaired) electrons. The minimum absolute atomic E-state index is 0.196. The largest absolute Gasteiger partial charge is 0.467 e. The quantitative estimate of drug-likeness (QED) is 0.707. The number of aryl methyl sites for hydroxylation is 1. The van der Waals surface area contributed by atoms with E-state index in [1.165, 1.54) is 18.2 Å². The van der Waals surface area contributed by atoms with Gasteiger partial charge >= 0.3 is 0 Å². The van der Waals surface area contributed by atoms with Gasteiger partial charge in [0, 0.05) is 19.0 Å². The summed E-state index contributed by atoms with van der Waals surface area (Å²) in [6, 6.07) is 4.18. The zero-order valence-electron chi connectivity index (χ0n) is 15.0. The van der Waals surface area contributed by atoms with Crippen LogP contribution in [0.15, 0.2) is 28.0 Å². The summed E-state index contributed by atoms with van der Waals surface area (Å²) in [5.41, 5.74) is 0. The maximum absolute atomic E-state index is 12.6. The first kappa shape index (κ1) is 18.0. The van der Waals surface area contributed by atoms with Gasteiger partial charge in [0.2, 0.25) is 5.91 Å². The third kappa shape index (κ3) is 4.45. The van der Waals surface area contributed by atoms with Gasteiger partial charge in [-0.3, -0.25) is 9.36 Å². The first-order valence-corrected chi connectivity index (χ1v) is 10.0. The Morgan fingerprint density at radius 1 is 1.40 bits per heavy atom. The highest BCUT2D eigenvalue weighted by atomic mass is 32.2. The summed E-state index contributed by atoms with van der Waals surface area (Å²) in [6.07, 6.45) is 6.97. The molecule has 136 valence electrons. The van der Waals surface area contributed by atoms with Gasteiger partial charge < -0.3 is 9.32 Å². The number of rotatable bonds is 7. The van der Waals surface area contributed by atoms with Gasteiger partial charge in [0.1, 0.15) is 11.6 Å². The van der Waals surface area contributed by atoms with Crippen LogP contribution in [0.2, 0.25) is 0 Å². The summed E-state index contributed by atoms with van der Waals surface area (Å²) in [4.78, 5) is 14.6. The summed E-state index contributed by atoms with van der Waals surface area (Å²) >= 11 is 1.48. The van der Waals surface area contributed by atoms with E-state index in [4.69, 9.17) is 4.42 Å². The van der Waals surface area contributed by atoms with Crippen molar-refractivity contribution in [3.63, 3.8) is 0 Å². The molecular weight excluding hydrogens is 336 g/mol. The second-order valence-corrected chi connectivity index (χ2v) is 7.48. The van der Waals surface area contributed by atoms with Gasteiger partial charge in [-0.1, -0.05) is 18.7 Å². The number of thioether (sulfide) groups is 1. The van der Waals surface area contributed by atoms with Gasteiger partial charge in [-0.2, -0.15) is 0 Å². The van der Waals surface area contributed by atoms with E-state index in [1.54, 1.807) is 6.26 Å². The molecule has 0 bridgehead atoms. The number of nitrogens with zero attached hydrogens (tertiary/aromatic N) is 4. The predicted molar refractivity (Wildman–Crippen MR) is 97.6 cm³/mol. The van der Waals surface area contributed by atoms with E-state index in [9.17, 15) is 4.79 Å². The summed E-state index contributed by atoms with van der Waals surface area (Å²) in [5.74, 6) is 2.42. The standard InChI is InChI=1S/C18H26N4O2S/c1-3-7-16-19-20-18(22(16)12-15-9-6-11-24-15)25-13-17(23)21-10-5-4-8-14(21)2/h6,9,11,14H,3-5,7-8,10,12-13H2,1-2H3/t14-/m0/s1. The van der Waals surface area contributed by atoms with E-state index in [1.807, 2.05) is 17.0 Å². The Morgan fingerprint density at radius 3 is 3.00 bits per heavy atom. The Kier molecular flexibility index (Phi) is 6.18. The van der Waals surface area contributed by atoms with Crippen molar-refractivity contribution in [2.45, 2.75) is 63.7 Å². The molecule has 0 N–H and O–H groups in total. The van der Waals surface area contributed by atoms with Gasteiger partial charge in [-0.05, 0) is 44.7 Å². The Hall–Kier alpha value is -1.76. The van der Waals surface area contributed by atoms with Crippen LogP contribution in [0, 0.1) is 0 Å². The third-order valence-corrected chi connectivity index (χ3v) is 5.56. The molecule has 2 aromatic rings. The van der Waals surface area contributed by atoms with Gasteiger partial charge in [0.05, 0.1) is 18.6 Å². The van der Waals surface area contributed by atoms with Crippen molar-refractivity contribution in [3.05, 3.63) is 30.0 Å². The highest BCUT2D eigenvalue weighted by Crippen LogP contribution is 2.22. The second-order valence-electron chi connectivity index (χ2n) is 6.53. The Balaban J connectivity index is 1.68. The Morgan fingerprint density at radius 2 is 2.28 bits per heavy atom. The topological polar surface area (TPSA) is 64.2 Å². The smallest absolute Gasteiger partial charge is 0.233 e. The lowest BCUT2D eigenvalue weighted by molar-refractivity contribution is -0.131. The number of likely N-dealkylation sites (tertiary alicyclic amines) is 1. The lowest BCUT2D eigenvalue weighted by Crippen LogP contribution is -2.43. The number of piperidine rings is 1. The molecule has 1 fully saturated rings. The lowest BCUT2D eigenvalue weighted by Gasteiger charge is -2.33. The second kappa shape index (κ2) is 8.56. The molecule has 1 atom stereocenters. The molecule has 25 heavy (non-hydrogen) atoms. The molecule has 0 unspecified atom stereocenters. The molecule has 0 aromatic carbocycles. The van der Waals surface area contributed by atoms with E-state index in [0.29, 0.717) is 18.3 Å². The number of carbonyl (C=O) groups is 1. The van der Waals surface area contributed by atoms with Crippen molar-refractivity contribution in [2.75, 3.05) is 12.3 Å². The molecule has 0 saturated carbocycles. The molecule has 1 saturated heterocycles. The number of carbonyl (C=O) groups excluding carboxylic acids is 1. The van der Waals surface area contributed by atoms with Crippen LogP contribution >= 0.6 is 11.8 Å². The molecule has 0 spiro atoms. The van der Waals surface area contributed by atoms with Crippen molar-refractivity contribution in [1.29, 1.82) is 0 Å². The van der Waals surface area contributed by atoms with E-state index >= 15 is 0 Å². The van der Waals surface area contributed by atoms with Crippen LogP contribution in [0.3, 0.4) is 0 Å². The average Bonchev–Trinajstić information content (AvgIpc) is 3.25. The fourth-order valence-corrected chi connectivity index (χ4v) is 4.07. The minimum Gasteiger partial charge on any atom is -0.467 e. The van der Waals surface area contributed by atoms with Gasteiger partial charge in [-0.25, -0.2) is 0 Å². The van der Waals surface area contributed by atoms with Crippen molar-refractivity contribution < 1.29 is 9.21 Å². The van der Waals surface area contributed by atoms with E-state index < -0.39 is 0 Å². The molecule has 3 rings (SSSR count). The molecule has 6 nitrogen and oxygen atoms in total. The molecule has 1 aliphatic rings. The van der Waals surface area contributed by atoms with E-state index in [0.717, 1.165) is 49.0 Å². The number of hydrogen-bond donors (Lipinski definition) is 0. The monoisotopic (exact) mass is 362 g/mol. The number of amides is 1. The molecule has 3 heterocycles. The van der Waals surface area contributed by atoms with Gasteiger partial charge in [0.25, 0.3) is 0 Å². The fraction of sp³-hybridized carbons (Fsp3) is 0.611. The number of furan rings is 1. The zero-order chi connectivity index (χ0) is 17.6. The predicted octanol–water partition coefficient (Wildman–Crippen LogP) is 3.37. The molecule has 7 heteroatoms. The molecule has 1 amide bonds. The van der Waals surface area contributed by atoms with Crippen LogP contribution in [0.1, 0.15) is 51.1 Å². The summed E-state index contributed by atoms with van der Waals surface area (Å²) in [7, 11) is 0. The molecular formula is C18H26N4O2S. The van der Waals surface area contributed by atoms with Crippen LogP contribution in [0.25, 0.3) is 0 Å². The molecule has 2 aromatic heterocycles. The minimum atomic E-state index is 0.196. The molecule has 1 aliphatic heterocycles. The molecule has 0 aliphatic carbocycles. The fourth-order valence-electron chi connectivity index (χ4n) is 3.23. The maximum atomic E-state index is 12.6. The summed E-state index contributed by atoms with van der Waals surface area (Å²) in [6.45, 7) is 5.74. The number of aromatic nitrogens is 3. The Labute approximate surface area is 153 Å². The van der Waals surface area contributed by atoms with Crippen molar-refractivity contribution >= 4 is 17.7 Å². The Bertz CT molecular complexity index is 683. The van der Waals surface area contributed by atoms with Crippen molar-refractivity contribution in [2.24, 2.45) is 0 Å². The SMILES string of the molecule is CCCc1nnc(SCC(=O)N2CCCC[C@@H]2C)n1Cc1ccco1.